The van der Waals surface area contributed by atoms with E-state index in [0.717, 1.165) is 0 Å². The molecule has 0 spiro atoms. The Kier molecular flexibility index (Phi) is 5.00. The number of nitrogens with zero attached hydrogens (tertiary/aromatic N) is 1. The van der Waals surface area contributed by atoms with E-state index < -0.39 is 6.10 Å². The van der Waals surface area contributed by atoms with Gasteiger partial charge in [0.05, 0.1) is 6.10 Å². The molecule has 0 saturated heterocycles. The monoisotopic (exact) mass is 339 g/mol. The van der Waals surface area contributed by atoms with Crippen LogP contribution in [0.25, 0.3) is 0 Å². The number of hydrogen-bond donors (Lipinski definition) is 3. The topological polar surface area (TPSA) is 81.7 Å². The van der Waals surface area contributed by atoms with Gasteiger partial charge in [-0.15, -0.1) is 0 Å². The third-order valence-corrected chi connectivity index (χ3v) is 4.08. The van der Waals surface area contributed by atoms with Gasteiger partial charge in [0.25, 0.3) is 5.91 Å². The molecule has 1 atom stereocenters. The van der Waals surface area contributed by atoms with Crippen molar-refractivity contribution in [1.82, 2.24) is 10.2 Å². The van der Waals surface area contributed by atoms with Gasteiger partial charge < -0.3 is 20.6 Å². The Balaban J connectivity index is 1.57. The minimum atomic E-state index is -0.591. The molecule has 0 fully saturated rings. The fraction of sp³-hybridized carbons (Fsp3) is 0.263. The van der Waals surface area contributed by atoms with Gasteiger partial charge in [-0.1, -0.05) is 24.3 Å². The lowest BCUT2D eigenvalue weighted by atomic mass is 10.1. The van der Waals surface area contributed by atoms with Crippen molar-refractivity contribution in [2.45, 2.75) is 26.1 Å². The Hall–Kier alpha value is -2.86. The number of aliphatic hydroxyl groups excluding tert-OH is 1. The number of benzene rings is 2. The minimum Gasteiger partial charge on any atom is -0.392 e. The molecule has 1 heterocycles. The number of hydrogen-bond acceptors (Lipinski definition) is 3. The van der Waals surface area contributed by atoms with Gasteiger partial charge >= 0.3 is 6.03 Å². The summed E-state index contributed by atoms with van der Waals surface area (Å²) in [7, 11) is 0. The molecule has 6 heteroatoms. The number of urea groups is 1. The van der Waals surface area contributed by atoms with Crippen molar-refractivity contribution in [3.8, 4) is 0 Å². The van der Waals surface area contributed by atoms with Crippen molar-refractivity contribution >= 4 is 17.6 Å². The van der Waals surface area contributed by atoms with Crippen molar-refractivity contribution in [3.63, 3.8) is 0 Å². The fourth-order valence-electron chi connectivity index (χ4n) is 2.73. The molecule has 0 radical (unpaired) electrons. The van der Waals surface area contributed by atoms with Gasteiger partial charge in [0.15, 0.2) is 0 Å². The molecule has 130 valence electrons. The van der Waals surface area contributed by atoms with Crippen molar-refractivity contribution in [2.75, 3.05) is 11.9 Å². The molecule has 2 aromatic carbocycles. The molecule has 0 saturated carbocycles. The second kappa shape index (κ2) is 7.36. The van der Waals surface area contributed by atoms with E-state index in [1.807, 2.05) is 24.3 Å². The molecule has 2 aromatic rings. The lowest BCUT2D eigenvalue weighted by Crippen LogP contribution is -2.31. The third kappa shape index (κ3) is 4.16. The number of aliphatic hydroxyl groups is 1. The highest BCUT2D eigenvalue weighted by Crippen LogP contribution is 2.23. The molecular weight excluding hydrogens is 318 g/mol. The van der Waals surface area contributed by atoms with Gasteiger partial charge in [0, 0.05) is 30.9 Å². The lowest BCUT2D eigenvalue weighted by Gasteiger charge is -2.16. The van der Waals surface area contributed by atoms with Crippen LogP contribution in [0.3, 0.4) is 0 Å². The van der Waals surface area contributed by atoms with E-state index in [4.69, 9.17) is 0 Å². The Labute approximate surface area is 146 Å². The Bertz CT molecular complexity index is 747. The number of anilines is 1. The predicted octanol–water partition coefficient (Wildman–Crippen LogP) is 2.34. The summed E-state index contributed by atoms with van der Waals surface area (Å²) in [5.74, 6) is -0.256. The van der Waals surface area contributed by atoms with Crippen molar-refractivity contribution in [3.05, 3.63) is 65.2 Å². The molecular formula is C19H21N3O3. The maximum atomic E-state index is 12.4. The predicted molar refractivity (Wildman–Crippen MR) is 95.2 cm³/mol. The zero-order valence-corrected chi connectivity index (χ0v) is 14.0. The van der Waals surface area contributed by atoms with Crippen LogP contribution in [-0.2, 0) is 13.1 Å². The SMILES string of the molecule is C[C@H](O)CNC(=O)c1ccc(NC(=O)N2Cc3ccccc3C2)cc1. The number of nitrogens with one attached hydrogen (secondary N) is 2. The highest BCUT2D eigenvalue weighted by atomic mass is 16.3. The summed E-state index contributed by atoms with van der Waals surface area (Å²) in [5, 5.41) is 14.7. The molecule has 3 amide bonds. The fourth-order valence-corrected chi connectivity index (χ4v) is 2.73. The molecule has 3 rings (SSSR count). The highest BCUT2D eigenvalue weighted by molar-refractivity contribution is 5.95. The van der Waals surface area contributed by atoms with Crippen LogP contribution in [0.5, 0.6) is 0 Å². The van der Waals surface area contributed by atoms with Crippen LogP contribution < -0.4 is 10.6 Å². The van der Waals surface area contributed by atoms with E-state index in [2.05, 4.69) is 10.6 Å². The quantitative estimate of drug-likeness (QED) is 0.800. The summed E-state index contributed by atoms with van der Waals surface area (Å²) in [6, 6.07) is 14.5. The number of rotatable bonds is 4. The second-order valence-corrected chi connectivity index (χ2v) is 6.19. The van der Waals surface area contributed by atoms with Crippen LogP contribution in [-0.4, -0.2) is 34.6 Å². The van der Waals surface area contributed by atoms with Crippen LogP contribution in [0.4, 0.5) is 10.5 Å². The molecule has 0 aliphatic carbocycles. The van der Waals surface area contributed by atoms with E-state index >= 15 is 0 Å². The summed E-state index contributed by atoms with van der Waals surface area (Å²) in [4.78, 5) is 26.0. The normalized spacial score (nSPS) is 13.9. The average Bonchev–Trinajstić information content (AvgIpc) is 3.04. The summed E-state index contributed by atoms with van der Waals surface area (Å²) in [5.41, 5.74) is 3.45. The van der Waals surface area contributed by atoms with E-state index in [0.29, 0.717) is 24.3 Å². The summed E-state index contributed by atoms with van der Waals surface area (Å²) < 4.78 is 0. The maximum absolute atomic E-state index is 12.4. The zero-order chi connectivity index (χ0) is 17.8. The number of carbonyl (C=O) groups is 2. The first-order valence-electron chi connectivity index (χ1n) is 8.22. The van der Waals surface area contributed by atoms with Gasteiger partial charge in [-0.25, -0.2) is 4.79 Å². The van der Waals surface area contributed by atoms with Crippen LogP contribution in [0.2, 0.25) is 0 Å². The summed E-state index contributed by atoms with van der Waals surface area (Å²) >= 11 is 0. The number of fused-ring (bicyclic) bond motifs is 1. The Morgan fingerprint density at radius 3 is 2.24 bits per heavy atom. The molecule has 6 nitrogen and oxygen atoms in total. The first kappa shape index (κ1) is 17.0. The van der Waals surface area contributed by atoms with Crippen LogP contribution in [0, 0.1) is 0 Å². The van der Waals surface area contributed by atoms with E-state index in [1.54, 1.807) is 36.1 Å². The molecule has 0 bridgehead atoms. The van der Waals surface area contributed by atoms with Gasteiger partial charge in [0.2, 0.25) is 0 Å². The number of carbonyl (C=O) groups excluding carboxylic acids is 2. The van der Waals surface area contributed by atoms with Gasteiger partial charge in [-0.3, -0.25) is 4.79 Å². The second-order valence-electron chi connectivity index (χ2n) is 6.19. The molecule has 3 N–H and O–H groups in total. The molecule has 25 heavy (non-hydrogen) atoms. The van der Waals surface area contributed by atoms with Crippen LogP contribution in [0.15, 0.2) is 48.5 Å². The van der Waals surface area contributed by atoms with E-state index in [-0.39, 0.29) is 18.5 Å². The summed E-state index contributed by atoms with van der Waals surface area (Å²) in [6.07, 6.45) is -0.591. The highest BCUT2D eigenvalue weighted by Gasteiger charge is 2.22. The Morgan fingerprint density at radius 1 is 1.08 bits per heavy atom. The average molecular weight is 339 g/mol. The molecule has 1 aliphatic heterocycles. The van der Waals surface area contributed by atoms with E-state index in [9.17, 15) is 14.7 Å². The van der Waals surface area contributed by atoms with Crippen LogP contribution >= 0.6 is 0 Å². The standard InChI is InChI=1S/C19H21N3O3/c1-13(23)10-20-18(24)14-6-8-17(9-7-14)21-19(25)22-11-15-4-2-3-5-16(15)12-22/h2-9,13,23H,10-12H2,1H3,(H,20,24)(H,21,25)/t13-/m0/s1. The first-order chi connectivity index (χ1) is 12.0. The minimum absolute atomic E-state index is 0.164. The molecule has 0 aromatic heterocycles. The van der Waals surface area contributed by atoms with Crippen LogP contribution in [0.1, 0.15) is 28.4 Å². The Morgan fingerprint density at radius 2 is 1.68 bits per heavy atom. The number of amides is 3. The van der Waals surface area contributed by atoms with E-state index in [1.165, 1.54) is 11.1 Å². The zero-order valence-electron chi connectivity index (χ0n) is 14.0. The van der Waals surface area contributed by atoms with Crippen molar-refractivity contribution < 1.29 is 14.7 Å². The smallest absolute Gasteiger partial charge is 0.322 e. The first-order valence-corrected chi connectivity index (χ1v) is 8.22. The van der Waals surface area contributed by atoms with Crippen molar-refractivity contribution in [2.24, 2.45) is 0 Å². The van der Waals surface area contributed by atoms with Crippen molar-refractivity contribution in [1.29, 1.82) is 0 Å². The largest absolute Gasteiger partial charge is 0.392 e. The van der Waals surface area contributed by atoms with Gasteiger partial charge in [-0.2, -0.15) is 0 Å². The lowest BCUT2D eigenvalue weighted by molar-refractivity contribution is 0.0924. The molecule has 0 unspecified atom stereocenters. The maximum Gasteiger partial charge on any atom is 0.322 e. The van der Waals surface area contributed by atoms with Gasteiger partial charge in [-0.05, 0) is 42.3 Å². The summed E-state index contributed by atoms with van der Waals surface area (Å²) in [6.45, 7) is 3.01. The third-order valence-electron chi connectivity index (χ3n) is 4.08. The van der Waals surface area contributed by atoms with Gasteiger partial charge in [0.1, 0.15) is 0 Å². The molecule has 1 aliphatic rings.